The summed E-state index contributed by atoms with van der Waals surface area (Å²) in [6, 6.07) is 7.49. The van der Waals surface area contributed by atoms with E-state index in [1.807, 2.05) is 31.2 Å². The zero-order chi connectivity index (χ0) is 14.7. The Labute approximate surface area is 129 Å². The summed E-state index contributed by atoms with van der Waals surface area (Å²) >= 11 is 6.01. The molecule has 4 nitrogen and oxygen atoms in total. The second-order valence-corrected chi connectivity index (χ2v) is 5.74. The smallest absolute Gasteiger partial charge is 0.169 e. The number of halogens is 1. The van der Waals surface area contributed by atoms with Crippen LogP contribution in [0.1, 0.15) is 23.9 Å². The van der Waals surface area contributed by atoms with Crippen LogP contribution in [0.25, 0.3) is 0 Å². The van der Waals surface area contributed by atoms with Crippen molar-refractivity contribution < 1.29 is 4.74 Å². The molecule has 0 amide bonds. The zero-order valence-corrected chi connectivity index (χ0v) is 12.7. The summed E-state index contributed by atoms with van der Waals surface area (Å²) in [5.41, 5.74) is 1.02. The molecule has 0 radical (unpaired) electrons. The fourth-order valence-corrected chi connectivity index (χ4v) is 2.86. The van der Waals surface area contributed by atoms with Gasteiger partial charge in [-0.2, -0.15) is 0 Å². The molecule has 1 saturated heterocycles. The molecule has 2 heterocycles. The van der Waals surface area contributed by atoms with Gasteiger partial charge in [0.15, 0.2) is 11.9 Å². The zero-order valence-electron chi connectivity index (χ0n) is 11.9. The van der Waals surface area contributed by atoms with Crippen LogP contribution in [-0.4, -0.2) is 23.1 Å². The number of ether oxygens (including phenoxy) is 1. The highest BCUT2D eigenvalue weighted by atomic mass is 35.5. The number of nitrogens with one attached hydrogen (secondary N) is 1. The second kappa shape index (κ2) is 6.41. The predicted octanol–water partition coefficient (Wildman–Crippen LogP) is 3.17. The van der Waals surface area contributed by atoms with Crippen LogP contribution in [0.15, 0.2) is 36.7 Å². The second-order valence-electron chi connectivity index (χ2n) is 5.31. The minimum Gasteiger partial charge on any atom is -0.482 e. The van der Waals surface area contributed by atoms with Gasteiger partial charge in [-0.15, -0.1) is 0 Å². The molecule has 110 valence electrons. The van der Waals surface area contributed by atoms with Crippen LogP contribution in [0.5, 0.6) is 5.75 Å². The summed E-state index contributed by atoms with van der Waals surface area (Å²) in [6.07, 6.45) is 4.45. The van der Waals surface area contributed by atoms with E-state index in [2.05, 4.69) is 15.3 Å². The van der Waals surface area contributed by atoms with Crippen LogP contribution in [0.3, 0.4) is 0 Å². The third kappa shape index (κ3) is 3.34. The van der Waals surface area contributed by atoms with Crippen molar-refractivity contribution in [2.45, 2.75) is 19.4 Å². The summed E-state index contributed by atoms with van der Waals surface area (Å²) in [7, 11) is 0. The maximum Gasteiger partial charge on any atom is 0.169 e. The lowest BCUT2D eigenvalue weighted by Crippen LogP contribution is -2.23. The van der Waals surface area contributed by atoms with Gasteiger partial charge in [-0.3, -0.25) is 0 Å². The first-order valence-electron chi connectivity index (χ1n) is 7.14. The molecule has 1 fully saturated rings. The lowest BCUT2D eigenvalue weighted by molar-refractivity contribution is 0.134. The van der Waals surface area contributed by atoms with Gasteiger partial charge in [0.1, 0.15) is 5.75 Å². The Hall–Kier alpha value is -1.65. The Morgan fingerprint density at radius 3 is 2.81 bits per heavy atom. The normalized spacial score (nSPS) is 19.4. The summed E-state index contributed by atoms with van der Waals surface area (Å²) < 4.78 is 6.25. The molecule has 0 aliphatic carbocycles. The highest BCUT2D eigenvalue weighted by Crippen LogP contribution is 2.32. The Balaban J connectivity index is 1.88. The third-order valence-electron chi connectivity index (χ3n) is 3.76. The molecule has 5 heteroatoms. The summed E-state index contributed by atoms with van der Waals surface area (Å²) in [5, 5.41) is 4.09. The molecule has 3 rings (SSSR count). The number of hydrogen-bond donors (Lipinski definition) is 1. The van der Waals surface area contributed by atoms with Crippen molar-refractivity contribution in [3.63, 3.8) is 0 Å². The number of aryl methyl sites for hydroxylation is 1. The van der Waals surface area contributed by atoms with E-state index in [9.17, 15) is 0 Å². The van der Waals surface area contributed by atoms with E-state index >= 15 is 0 Å². The summed E-state index contributed by atoms with van der Waals surface area (Å²) in [5.74, 6) is 1.95. The first kappa shape index (κ1) is 14.3. The predicted molar refractivity (Wildman–Crippen MR) is 82.6 cm³/mol. The van der Waals surface area contributed by atoms with Crippen molar-refractivity contribution in [1.82, 2.24) is 15.3 Å². The van der Waals surface area contributed by atoms with Crippen molar-refractivity contribution in [2.75, 3.05) is 13.1 Å². The lowest BCUT2D eigenvalue weighted by Gasteiger charge is -2.24. The maximum absolute atomic E-state index is 6.25. The first-order chi connectivity index (χ1) is 10.2. The van der Waals surface area contributed by atoms with E-state index in [0.29, 0.717) is 5.92 Å². The van der Waals surface area contributed by atoms with Crippen LogP contribution in [-0.2, 0) is 0 Å². The number of hydrogen-bond acceptors (Lipinski definition) is 4. The van der Waals surface area contributed by atoms with Gasteiger partial charge in [0.2, 0.25) is 0 Å². The van der Waals surface area contributed by atoms with E-state index in [1.54, 1.807) is 12.4 Å². The van der Waals surface area contributed by atoms with Gasteiger partial charge in [0, 0.05) is 29.9 Å². The molecule has 1 aromatic carbocycles. The van der Waals surface area contributed by atoms with Gasteiger partial charge in [-0.05, 0) is 49.7 Å². The van der Waals surface area contributed by atoms with E-state index in [4.69, 9.17) is 16.3 Å². The highest BCUT2D eigenvalue weighted by Gasteiger charge is 2.30. The van der Waals surface area contributed by atoms with Gasteiger partial charge in [-0.25, -0.2) is 9.97 Å². The number of benzene rings is 1. The number of nitrogens with zero attached hydrogens (tertiary/aromatic N) is 2. The average Bonchev–Trinajstić information content (AvgIpc) is 3.01. The Kier molecular flexibility index (Phi) is 4.36. The van der Waals surface area contributed by atoms with Gasteiger partial charge >= 0.3 is 0 Å². The molecular weight excluding hydrogens is 286 g/mol. The fourth-order valence-electron chi connectivity index (χ4n) is 2.63. The van der Waals surface area contributed by atoms with Crippen molar-refractivity contribution in [1.29, 1.82) is 0 Å². The van der Waals surface area contributed by atoms with Gasteiger partial charge < -0.3 is 10.1 Å². The minimum atomic E-state index is -0.138. The van der Waals surface area contributed by atoms with Gasteiger partial charge in [-0.1, -0.05) is 11.6 Å². The van der Waals surface area contributed by atoms with E-state index in [0.717, 1.165) is 41.7 Å². The molecule has 1 aliphatic rings. The Morgan fingerprint density at radius 2 is 2.14 bits per heavy atom. The van der Waals surface area contributed by atoms with E-state index in [1.165, 1.54) is 0 Å². The molecule has 0 saturated carbocycles. The first-order valence-corrected chi connectivity index (χ1v) is 7.52. The monoisotopic (exact) mass is 303 g/mol. The molecule has 0 unspecified atom stereocenters. The number of aromatic nitrogens is 2. The van der Waals surface area contributed by atoms with Crippen molar-refractivity contribution >= 4 is 11.6 Å². The lowest BCUT2D eigenvalue weighted by atomic mass is 10.0. The Morgan fingerprint density at radius 1 is 1.33 bits per heavy atom. The molecule has 1 aliphatic heterocycles. The topological polar surface area (TPSA) is 47.0 Å². The highest BCUT2D eigenvalue weighted by molar-refractivity contribution is 6.30. The van der Waals surface area contributed by atoms with E-state index in [-0.39, 0.29) is 6.10 Å². The molecule has 2 atom stereocenters. The quantitative estimate of drug-likeness (QED) is 0.942. The molecule has 1 aromatic heterocycles. The van der Waals surface area contributed by atoms with Crippen LogP contribution in [0.4, 0.5) is 0 Å². The molecule has 0 bridgehead atoms. The molecule has 1 N–H and O–H groups in total. The number of rotatable bonds is 4. The van der Waals surface area contributed by atoms with Crippen molar-refractivity contribution in [3.8, 4) is 5.75 Å². The third-order valence-corrected chi connectivity index (χ3v) is 3.99. The molecular formula is C16H18ClN3O. The largest absolute Gasteiger partial charge is 0.482 e. The molecule has 2 aromatic rings. The summed E-state index contributed by atoms with van der Waals surface area (Å²) in [6.45, 7) is 3.93. The fraction of sp³-hybridized carbons (Fsp3) is 0.375. The minimum absolute atomic E-state index is 0.138. The average molecular weight is 304 g/mol. The SMILES string of the molecule is Cc1cc(Cl)ccc1O[C@H](c1ncccn1)[C@@H]1CCNC1. The van der Waals surface area contributed by atoms with Gasteiger partial charge in [0.25, 0.3) is 0 Å². The standard InChI is InChI=1S/C16H18ClN3O/c1-11-9-13(17)3-4-14(11)21-15(12-5-8-18-10-12)16-19-6-2-7-20-16/h2-4,6-7,9,12,15,18H,5,8,10H2,1H3/t12-,15+/m1/s1. The van der Waals surface area contributed by atoms with Crippen LogP contribution in [0, 0.1) is 12.8 Å². The van der Waals surface area contributed by atoms with Crippen LogP contribution < -0.4 is 10.1 Å². The molecule has 21 heavy (non-hydrogen) atoms. The van der Waals surface area contributed by atoms with Crippen LogP contribution >= 0.6 is 11.6 Å². The maximum atomic E-state index is 6.25. The van der Waals surface area contributed by atoms with Crippen molar-refractivity contribution in [3.05, 3.63) is 53.1 Å². The Bertz CT molecular complexity index is 600. The van der Waals surface area contributed by atoms with Gasteiger partial charge in [0.05, 0.1) is 0 Å². The molecule has 0 spiro atoms. The van der Waals surface area contributed by atoms with Crippen LogP contribution in [0.2, 0.25) is 5.02 Å². The van der Waals surface area contributed by atoms with E-state index < -0.39 is 0 Å². The summed E-state index contributed by atoms with van der Waals surface area (Å²) in [4.78, 5) is 8.75. The van der Waals surface area contributed by atoms with Crippen molar-refractivity contribution in [2.24, 2.45) is 5.92 Å².